The molecule has 2 amide bonds. The normalized spacial score (nSPS) is 20.7. The number of rotatable bonds is 4. The summed E-state index contributed by atoms with van der Waals surface area (Å²) in [7, 11) is 1.66. The van der Waals surface area contributed by atoms with Gasteiger partial charge in [0.05, 0.1) is 25.3 Å². The van der Waals surface area contributed by atoms with E-state index in [2.05, 4.69) is 44.5 Å². The van der Waals surface area contributed by atoms with Gasteiger partial charge in [0, 0.05) is 35.4 Å². The molecule has 2 fully saturated rings. The predicted octanol–water partition coefficient (Wildman–Crippen LogP) is 2.75. The van der Waals surface area contributed by atoms with Gasteiger partial charge in [0.1, 0.15) is 5.75 Å². The van der Waals surface area contributed by atoms with Crippen molar-refractivity contribution in [3.05, 3.63) is 52.1 Å². The molecule has 0 bridgehead atoms. The van der Waals surface area contributed by atoms with E-state index in [0.717, 1.165) is 41.2 Å². The quantitative estimate of drug-likeness (QED) is 0.487. The number of methoxy groups -OCH3 is 1. The molecule has 2 aromatic carbocycles. The zero-order valence-electron chi connectivity index (χ0n) is 15.7. The summed E-state index contributed by atoms with van der Waals surface area (Å²) in [6.45, 7) is 3.17. The van der Waals surface area contributed by atoms with Crippen LogP contribution in [0.25, 0.3) is 0 Å². The van der Waals surface area contributed by atoms with E-state index in [4.69, 9.17) is 4.74 Å². The van der Waals surface area contributed by atoms with Crippen molar-refractivity contribution in [3.8, 4) is 5.75 Å². The van der Waals surface area contributed by atoms with Crippen molar-refractivity contribution in [1.82, 2.24) is 4.90 Å². The van der Waals surface area contributed by atoms with Crippen LogP contribution < -0.4 is 14.5 Å². The van der Waals surface area contributed by atoms with Gasteiger partial charge in [-0.3, -0.25) is 14.5 Å². The smallest absolute Gasteiger partial charge is 0.251 e. The zero-order chi connectivity index (χ0) is 19.7. The molecule has 2 aliphatic heterocycles. The molecule has 0 spiro atoms. The third-order valence-electron chi connectivity index (χ3n) is 5.40. The molecule has 2 saturated heterocycles. The van der Waals surface area contributed by atoms with E-state index >= 15 is 0 Å². The lowest BCUT2D eigenvalue weighted by molar-refractivity contribution is -0.123. The van der Waals surface area contributed by atoms with Crippen LogP contribution in [0.3, 0.4) is 0 Å². The molecule has 0 N–H and O–H groups in total. The predicted molar refractivity (Wildman–Crippen MR) is 117 cm³/mol. The highest BCUT2D eigenvalue weighted by atomic mass is 127. The maximum Gasteiger partial charge on any atom is 0.251 e. The Hall–Kier alpha value is -2.13. The van der Waals surface area contributed by atoms with Crippen molar-refractivity contribution >= 4 is 45.8 Å². The number of carbonyl (C=O) groups excluding carboxylic acids is 2. The summed E-state index contributed by atoms with van der Waals surface area (Å²) in [4.78, 5) is 31.3. The van der Waals surface area contributed by atoms with Gasteiger partial charge >= 0.3 is 0 Å². The van der Waals surface area contributed by atoms with E-state index in [9.17, 15) is 9.59 Å². The lowest BCUT2D eigenvalue weighted by atomic mass is 10.1. The molecule has 146 valence electrons. The number of imide groups is 1. The molecule has 0 unspecified atom stereocenters. The summed E-state index contributed by atoms with van der Waals surface area (Å²) in [5.41, 5.74) is 1.81. The molecule has 0 radical (unpaired) electrons. The molecule has 4 rings (SSSR count). The minimum atomic E-state index is -0.357. The van der Waals surface area contributed by atoms with Gasteiger partial charge in [0.15, 0.2) is 0 Å². The fraction of sp³-hybridized carbons (Fsp3) is 0.333. The van der Waals surface area contributed by atoms with Crippen LogP contribution in [0, 0.1) is 3.57 Å². The molecule has 2 aromatic rings. The number of ether oxygens (including phenoxy) is 1. The van der Waals surface area contributed by atoms with Crippen LogP contribution in [-0.4, -0.2) is 56.0 Å². The van der Waals surface area contributed by atoms with Gasteiger partial charge in [0.25, 0.3) is 5.91 Å². The summed E-state index contributed by atoms with van der Waals surface area (Å²) in [6.07, 6.45) is 0.257. The van der Waals surface area contributed by atoms with Crippen molar-refractivity contribution < 1.29 is 14.3 Å². The molecular weight excluding hydrogens is 469 g/mol. The largest absolute Gasteiger partial charge is 0.497 e. The van der Waals surface area contributed by atoms with Crippen molar-refractivity contribution in [2.24, 2.45) is 0 Å². The first-order valence-corrected chi connectivity index (χ1v) is 10.4. The molecule has 7 heteroatoms. The van der Waals surface area contributed by atoms with Gasteiger partial charge in [-0.1, -0.05) is 0 Å². The SMILES string of the molecule is COc1ccc(N2CCN([C@@H]3CC(=O)N(c4ccc(I)cc4)C3=O)CC2)cc1. The molecule has 28 heavy (non-hydrogen) atoms. The van der Waals surface area contributed by atoms with E-state index in [-0.39, 0.29) is 24.3 Å². The van der Waals surface area contributed by atoms with Gasteiger partial charge in [0.2, 0.25) is 5.91 Å². The van der Waals surface area contributed by atoms with E-state index in [1.165, 1.54) is 4.90 Å². The van der Waals surface area contributed by atoms with Crippen molar-refractivity contribution in [3.63, 3.8) is 0 Å². The van der Waals surface area contributed by atoms with E-state index in [0.29, 0.717) is 5.69 Å². The zero-order valence-corrected chi connectivity index (χ0v) is 17.8. The Morgan fingerprint density at radius 1 is 0.893 bits per heavy atom. The highest BCUT2D eigenvalue weighted by Crippen LogP contribution is 2.28. The highest BCUT2D eigenvalue weighted by molar-refractivity contribution is 14.1. The second-order valence-electron chi connectivity index (χ2n) is 6.98. The summed E-state index contributed by atoms with van der Waals surface area (Å²) < 4.78 is 6.29. The average Bonchev–Trinajstić information content (AvgIpc) is 3.03. The standard InChI is InChI=1S/C21H22IN3O3/c1-28-18-8-6-16(7-9-18)23-10-12-24(13-11-23)19-14-20(26)25(21(19)27)17-4-2-15(22)3-5-17/h2-9,19H,10-14H2,1H3/t19-/m1/s1. The number of hydrogen-bond acceptors (Lipinski definition) is 5. The fourth-order valence-electron chi connectivity index (χ4n) is 3.85. The number of benzene rings is 2. The molecule has 2 aliphatic rings. The van der Waals surface area contributed by atoms with Gasteiger partial charge < -0.3 is 9.64 Å². The van der Waals surface area contributed by atoms with Gasteiger partial charge in [-0.15, -0.1) is 0 Å². The Balaban J connectivity index is 1.41. The number of amides is 2. The Bertz CT molecular complexity index is 861. The van der Waals surface area contributed by atoms with Crippen LogP contribution in [0.15, 0.2) is 48.5 Å². The molecule has 6 nitrogen and oxygen atoms in total. The monoisotopic (exact) mass is 491 g/mol. The van der Waals surface area contributed by atoms with Crippen LogP contribution in [0.2, 0.25) is 0 Å². The van der Waals surface area contributed by atoms with E-state index in [1.807, 2.05) is 36.4 Å². The molecule has 0 aromatic heterocycles. The van der Waals surface area contributed by atoms with Gasteiger partial charge in [-0.25, -0.2) is 4.90 Å². The van der Waals surface area contributed by atoms with Crippen molar-refractivity contribution in [2.45, 2.75) is 12.5 Å². The lowest BCUT2D eigenvalue weighted by Crippen LogP contribution is -2.52. The number of hydrogen-bond donors (Lipinski definition) is 0. The highest BCUT2D eigenvalue weighted by Gasteiger charge is 2.43. The molecule has 0 saturated carbocycles. The number of halogens is 1. The Morgan fingerprint density at radius 2 is 1.50 bits per heavy atom. The third kappa shape index (κ3) is 3.73. The molecule has 2 heterocycles. The third-order valence-corrected chi connectivity index (χ3v) is 6.12. The number of piperazine rings is 1. The molecule has 1 atom stereocenters. The van der Waals surface area contributed by atoms with Crippen LogP contribution in [0.1, 0.15) is 6.42 Å². The van der Waals surface area contributed by atoms with Crippen molar-refractivity contribution in [2.75, 3.05) is 43.1 Å². The Morgan fingerprint density at radius 3 is 2.11 bits per heavy atom. The topological polar surface area (TPSA) is 53.1 Å². The van der Waals surface area contributed by atoms with Crippen LogP contribution in [0.4, 0.5) is 11.4 Å². The van der Waals surface area contributed by atoms with Gasteiger partial charge in [-0.2, -0.15) is 0 Å². The second kappa shape index (κ2) is 8.08. The first-order chi connectivity index (χ1) is 13.6. The van der Waals surface area contributed by atoms with E-state index in [1.54, 1.807) is 7.11 Å². The van der Waals surface area contributed by atoms with Crippen LogP contribution in [-0.2, 0) is 9.59 Å². The fourth-order valence-corrected chi connectivity index (χ4v) is 4.21. The minimum Gasteiger partial charge on any atom is -0.497 e. The maximum atomic E-state index is 13.0. The average molecular weight is 491 g/mol. The number of nitrogens with zero attached hydrogens (tertiary/aromatic N) is 3. The van der Waals surface area contributed by atoms with Crippen LogP contribution in [0.5, 0.6) is 5.75 Å². The summed E-state index contributed by atoms with van der Waals surface area (Å²) in [6, 6.07) is 15.2. The first kappa shape index (κ1) is 19.2. The number of anilines is 2. The summed E-state index contributed by atoms with van der Waals surface area (Å²) in [5.74, 6) is 0.617. The van der Waals surface area contributed by atoms with E-state index < -0.39 is 0 Å². The Labute approximate surface area is 178 Å². The molecule has 0 aliphatic carbocycles. The van der Waals surface area contributed by atoms with Gasteiger partial charge in [-0.05, 0) is 71.1 Å². The summed E-state index contributed by atoms with van der Waals surface area (Å²) >= 11 is 2.21. The van der Waals surface area contributed by atoms with Crippen LogP contribution >= 0.6 is 22.6 Å². The maximum absolute atomic E-state index is 13.0. The number of carbonyl (C=O) groups is 2. The lowest BCUT2D eigenvalue weighted by Gasteiger charge is -2.38. The second-order valence-corrected chi connectivity index (χ2v) is 8.23. The first-order valence-electron chi connectivity index (χ1n) is 9.32. The minimum absolute atomic E-state index is 0.107. The summed E-state index contributed by atoms with van der Waals surface area (Å²) in [5, 5.41) is 0. The Kier molecular flexibility index (Phi) is 5.54. The van der Waals surface area contributed by atoms with Crippen molar-refractivity contribution in [1.29, 1.82) is 0 Å². The molecular formula is C21H22IN3O3.